The lowest BCUT2D eigenvalue weighted by molar-refractivity contribution is -0.157. The summed E-state index contributed by atoms with van der Waals surface area (Å²) in [5.41, 5.74) is 1.90. The van der Waals surface area contributed by atoms with Crippen LogP contribution in [0.4, 0.5) is 0 Å². The Morgan fingerprint density at radius 2 is 1.87 bits per heavy atom. The molecule has 1 unspecified atom stereocenters. The minimum Gasteiger partial charge on any atom is -0.457 e. The lowest BCUT2D eigenvalue weighted by atomic mass is 9.88. The van der Waals surface area contributed by atoms with Crippen molar-refractivity contribution in [3.05, 3.63) is 71.3 Å². The molecule has 0 saturated carbocycles. The number of methoxy groups -OCH3 is 1. The summed E-state index contributed by atoms with van der Waals surface area (Å²) in [5, 5.41) is 21.3. The smallest absolute Gasteiger partial charge is 0.309 e. The molecule has 0 aliphatic carbocycles. The van der Waals surface area contributed by atoms with Gasteiger partial charge in [0, 0.05) is 20.0 Å². The first kappa shape index (κ1) is 32.5. The topological polar surface area (TPSA) is 102 Å². The van der Waals surface area contributed by atoms with Crippen LogP contribution in [0, 0.1) is 11.8 Å². The van der Waals surface area contributed by atoms with Crippen LogP contribution in [0.2, 0.25) is 0 Å². The van der Waals surface area contributed by atoms with Gasteiger partial charge in [0.1, 0.15) is 17.8 Å². The number of hydrogen-bond donors (Lipinski definition) is 2. The Labute approximate surface area is 233 Å². The Morgan fingerprint density at radius 3 is 2.51 bits per heavy atom. The predicted octanol–water partition coefficient (Wildman–Crippen LogP) is 5.24. The molecule has 0 saturated heterocycles. The summed E-state index contributed by atoms with van der Waals surface area (Å²) in [7, 11) is 1.69. The van der Waals surface area contributed by atoms with Crippen molar-refractivity contribution in [2.24, 2.45) is 11.8 Å². The number of carbonyl (C=O) groups excluding carboxylic acids is 2. The van der Waals surface area contributed by atoms with Gasteiger partial charge in [-0.05, 0) is 68.2 Å². The van der Waals surface area contributed by atoms with Gasteiger partial charge in [-0.3, -0.25) is 9.59 Å². The molecule has 0 amide bonds. The fourth-order valence-electron chi connectivity index (χ4n) is 4.58. The minimum atomic E-state index is -1.39. The van der Waals surface area contributed by atoms with E-state index >= 15 is 0 Å². The van der Waals surface area contributed by atoms with Crippen molar-refractivity contribution < 1.29 is 34.0 Å². The third-order valence-corrected chi connectivity index (χ3v) is 7.09. The van der Waals surface area contributed by atoms with E-state index in [1.807, 2.05) is 26.0 Å². The number of aliphatic hydroxyl groups is 2. The second kappa shape index (κ2) is 15.8. The van der Waals surface area contributed by atoms with Gasteiger partial charge in [0.15, 0.2) is 0 Å². The Hall–Kier alpha value is -2.74. The molecule has 216 valence electrons. The van der Waals surface area contributed by atoms with E-state index < -0.39 is 35.9 Å². The van der Waals surface area contributed by atoms with Gasteiger partial charge in [0.05, 0.1) is 19.1 Å². The quantitative estimate of drug-likeness (QED) is 0.250. The summed E-state index contributed by atoms with van der Waals surface area (Å²) in [6, 6.07) is 8.48. The maximum atomic E-state index is 12.6. The number of aryl methyl sites for hydroxylation is 1. The number of ether oxygens (including phenoxy) is 3. The SMILES string of the molecule is COCc1ccc(CCC(C)/C=C/C=C(\C)[C@H]2OC(=O)C[C@H](O)CC[C@@](C)(O)[C@@H](OC(C)=O)/C=C/[C@@H]2C)cc1. The maximum Gasteiger partial charge on any atom is 0.309 e. The molecule has 1 aromatic carbocycles. The van der Waals surface area contributed by atoms with Gasteiger partial charge in [-0.1, -0.05) is 62.4 Å². The van der Waals surface area contributed by atoms with Crippen LogP contribution in [-0.4, -0.2) is 53.2 Å². The van der Waals surface area contributed by atoms with E-state index in [9.17, 15) is 19.8 Å². The number of rotatable bonds is 9. The van der Waals surface area contributed by atoms with Gasteiger partial charge in [0.2, 0.25) is 0 Å². The molecule has 2 N–H and O–H groups in total. The molecule has 1 heterocycles. The van der Waals surface area contributed by atoms with Crippen LogP contribution < -0.4 is 0 Å². The average molecular weight is 543 g/mol. The molecule has 0 radical (unpaired) electrons. The molecule has 1 aliphatic heterocycles. The van der Waals surface area contributed by atoms with Crippen molar-refractivity contribution >= 4 is 11.9 Å². The summed E-state index contributed by atoms with van der Waals surface area (Å²) in [5.74, 6) is -0.911. The molecular weight excluding hydrogens is 496 g/mol. The van der Waals surface area contributed by atoms with Gasteiger partial charge >= 0.3 is 11.9 Å². The molecule has 39 heavy (non-hydrogen) atoms. The van der Waals surface area contributed by atoms with Gasteiger partial charge in [-0.2, -0.15) is 0 Å². The van der Waals surface area contributed by atoms with E-state index in [4.69, 9.17) is 14.2 Å². The van der Waals surface area contributed by atoms with Crippen molar-refractivity contribution in [2.45, 2.75) is 97.2 Å². The van der Waals surface area contributed by atoms with E-state index in [1.165, 1.54) is 12.5 Å². The summed E-state index contributed by atoms with van der Waals surface area (Å²) in [4.78, 5) is 24.3. The van der Waals surface area contributed by atoms with Gasteiger partial charge in [-0.25, -0.2) is 0 Å². The van der Waals surface area contributed by atoms with Crippen molar-refractivity contribution in [1.29, 1.82) is 0 Å². The van der Waals surface area contributed by atoms with E-state index in [0.29, 0.717) is 12.5 Å². The van der Waals surface area contributed by atoms with Crippen LogP contribution >= 0.6 is 0 Å². The number of cyclic esters (lactones) is 1. The first-order valence-electron chi connectivity index (χ1n) is 13.8. The van der Waals surface area contributed by atoms with E-state index in [1.54, 1.807) is 26.2 Å². The molecule has 2 rings (SSSR count). The lowest BCUT2D eigenvalue weighted by Crippen LogP contribution is -2.42. The van der Waals surface area contributed by atoms with Crippen molar-refractivity contribution in [3.63, 3.8) is 0 Å². The zero-order chi connectivity index (χ0) is 29.0. The van der Waals surface area contributed by atoms with Crippen molar-refractivity contribution in [2.75, 3.05) is 7.11 Å². The number of carbonyl (C=O) groups is 2. The molecular formula is C32H46O7. The predicted molar refractivity (Wildman–Crippen MR) is 152 cm³/mol. The van der Waals surface area contributed by atoms with Crippen LogP contribution in [0.5, 0.6) is 0 Å². The van der Waals surface area contributed by atoms with Crippen LogP contribution in [0.15, 0.2) is 60.2 Å². The number of esters is 2. The first-order valence-corrected chi connectivity index (χ1v) is 13.8. The third-order valence-electron chi connectivity index (χ3n) is 7.09. The van der Waals surface area contributed by atoms with Gasteiger partial charge < -0.3 is 24.4 Å². The molecule has 0 spiro atoms. The highest BCUT2D eigenvalue weighted by molar-refractivity contribution is 5.70. The minimum absolute atomic E-state index is 0.155. The third kappa shape index (κ3) is 11.5. The maximum absolute atomic E-state index is 12.6. The van der Waals surface area contributed by atoms with Crippen LogP contribution in [0.3, 0.4) is 0 Å². The monoisotopic (exact) mass is 542 g/mol. The zero-order valence-electron chi connectivity index (χ0n) is 24.3. The second-order valence-electron chi connectivity index (χ2n) is 11.0. The zero-order valence-corrected chi connectivity index (χ0v) is 24.3. The standard InChI is InChI=1S/C32H46O7/c1-22(10-12-26-13-15-27(16-14-26)21-37-6)8-7-9-23(2)31-24(3)11-17-29(38-25(4)33)32(5,36)19-18-28(34)20-30(35)39-31/h7-9,11,13-17,22,24,28-29,31,34,36H,10,12,18-21H2,1-6H3/b8-7+,17-11+,23-9+/t22?,24-,28+,29-,31+,32+/m0/s1. The Bertz CT molecular complexity index is 1010. The fourth-order valence-corrected chi connectivity index (χ4v) is 4.58. The largest absolute Gasteiger partial charge is 0.457 e. The fraction of sp³-hybridized carbons (Fsp3) is 0.562. The van der Waals surface area contributed by atoms with Crippen LogP contribution in [0.25, 0.3) is 0 Å². The number of benzene rings is 1. The van der Waals surface area contributed by atoms with Gasteiger partial charge in [-0.15, -0.1) is 0 Å². The Kier molecular flexibility index (Phi) is 13.1. The van der Waals surface area contributed by atoms with E-state index in [2.05, 4.69) is 37.3 Å². The second-order valence-corrected chi connectivity index (χ2v) is 11.0. The molecule has 1 aromatic rings. The normalized spacial score (nSPS) is 28.7. The first-order chi connectivity index (χ1) is 18.4. The van der Waals surface area contributed by atoms with Crippen molar-refractivity contribution in [3.8, 4) is 0 Å². The van der Waals surface area contributed by atoms with Crippen LogP contribution in [-0.2, 0) is 36.8 Å². The Morgan fingerprint density at radius 1 is 1.21 bits per heavy atom. The van der Waals surface area contributed by atoms with Gasteiger partial charge in [0.25, 0.3) is 0 Å². The van der Waals surface area contributed by atoms with E-state index in [0.717, 1.165) is 24.0 Å². The number of hydrogen-bond acceptors (Lipinski definition) is 7. The molecule has 7 heteroatoms. The molecule has 0 bridgehead atoms. The highest BCUT2D eigenvalue weighted by Crippen LogP contribution is 2.27. The summed E-state index contributed by atoms with van der Waals surface area (Å²) < 4.78 is 16.3. The van der Waals surface area contributed by atoms with Crippen LogP contribution in [0.1, 0.15) is 71.4 Å². The summed E-state index contributed by atoms with van der Waals surface area (Å²) in [6.07, 6.45) is 9.21. The molecule has 6 atom stereocenters. The molecule has 0 fully saturated rings. The summed E-state index contributed by atoms with van der Waals surface area (Å²) >= 11 is 0. The number of aliphatic hydroxyl groups excluding tert-OH is 1. The Balaban J connectivity index is 2.12. The average Bonchev–Trinajstić information content (AvgIpc) is 2.87. The number of allylic oxidation sites excluding steroid dienone is 3. The summed E-state index contributed by atoms with van der Waals surface area (Å²) in [6.45, 7) is 9.45. The lowest BCUT2D eigenvalue weighted by Gasteiger charge is -2.32. The molecule has 0 aromatic heterocycles. The highest BCUT2D eigenvalue weighted by Gasteiger charge is 2.35. The van der Waals surface area contributed by atoms with E-state index in [-0.39, 0.29) is 25.2 Å². The van der Waals surface area contributed by atoms with Crippen molar-refractivity contribution in [1.82, 2.24) is 0 Å². The highest BCUT2D eigenvalue weighted by atomic mass is 16.6. The molecule has 1 aliphatic rings. The molecule has 7 nitrogen and oxygen atoms in total.